The predicted molar refractivity (Wildman–Crippen MR) is 74.7 cm³/mol. The van der Waals surface area contributed by atoms with Gasteiger partial charge in [-0.15, -0.1) is 0 Å². The monoisotopic (exact) mass is 319 g/mol. The topological polar surface area (TPSA) is 25.2 Å². The van der Waals surface area contributed by atoms with E-state index >= 15 is 0 Å². The average molecular weight is 319 g/mol. The van der Waals surface area contributed by atoms with E-state index in [1.807, 2.05) is 6.26 Å². The number of hydrogen-bond donors (Lipinski definition) is 1. The van der Waals surface area contributed by atoms with Crippen molar-refractivity contribution in [2.75, 3.05) is 11.6 Å². The molecule has 0 radical (unpaired) electrons. The number of benzene rings is 1. The van der Waals surface area contributed by atoms with Crippen molar-refractivity contribution in [3.05, 3.63) is 53.2 Å². The third-order valence-electron chi connectivity index (χ3n) is 2.75. The third kappa shape index (κ3) is 4.17. The third-order valence-corrected chi connectivity index (χ3v) is 3.32. The van der Waals surface area contributed by atoms with Gasteiger partial charge in [-0.3, -0.25) is 0 Å². The van der Waals surface area contributed by atoms with E-state index < -0.39 is 17.6 Å². The Morgan fingerprint density at radius 1 is 1.14 bits per heavy atom. The van der Waals surface area contributed by atoms with Crippen LogP contribution in [0, 0.1) is 5.82 Å². The molecule has 1 aromatic carbocycles. The van der Waals surface area contributed by atoms with E-state index in [1.54, 1.807) is 23.9 Å². The number of hydrogen-bond acceptors (Lipinski definition) is 3. The fourth-order valence-electron chi connectivity index (χ4n) is 1.76. The summed E-state index contributed by atoms with van der Waals surface area (Å²) in [5.41, 5.74) is -1.10. The molecule has 0 aliphatic rings. The molecule has 0 unspecified atom stereocenters. The van der Waals surface area contributed by atoms with E-state index in [2.05, 4.69) is 5.32 Å². The molecule has 0 saturated carbocycles. The zero-order chi connectivity index (χ0) is 15.5. The van der Waals surface area contributed by atoms with Crippen LogP contribution in [0.4, 0.5) is 23.2 Å². The molecule has 0 aliphatic carbocycles. The Morgan fingerprint density at radius 3 is 2.52 bits per heavy atom. The van der Waals surface area contributed by atoms with E-state index in [0.717, 1.165) is 17.9 Å². The molecule has 1 heterocycles. The number of halogens is 4. The van der Waals surface area contributed by atoms with E-state index in [4.69, 9.17) is 4.42 Å². The van der Waals surface area contributed by atoms with Gasteiger partial charge in [-0.1, -0.05) is 0 Å². The summed E-state index contributed by atoms with van der Waals surface area (Å²) >= 11 is 1.59. The van der Waals surface area contributed by atoms with Crippen LogP contribution in [0.25, 0.3) is 0 Å². The molecule has 21 heavy (non-hydrogen) atoms. The van der Waals surface area contributed by atoms with Gasteiger partial charge in [0, 0.05) is 0 Å². The van der Waals surface area contributed by atoms with Crippen LogP contribution in [0.1, 0.15) is 17.1 Å². The molecule has 0 amide bonds. The highest BCUT2D eigenvalue weighted by Gasteiger charge is 2.31. The van der Waals surface area contributed by atoms with Crippen LogP contribution >= 0.6 is 11.8 Å². The van der Waals surface area contributed by atoms with Crippen LogP contribution in [-0.2, 0) is 18.5 Å². The van der Waals surface area contributed by atoms with Crippen LogP contribution in [0.2, 0.25) is 0 Å². The zero-order valence-electron chi connectivity index (χ0n) is 11.1. The second-order valence-electron chi connectivity index (χ2n) is 4.35. The van der Waals surface area contributed by atoms with Gasteiger partial charge in [-0.05, 0) is 36.6 Å². The van der Waals surface area contributed by atoms with E-state index in [9.17, 15) is 17.6 Å². The van der Waals surface area contributed by atoms with Crippen molar-refractivity contribution in [1.29, 1.82) is 0 Å². The lowest BCUT2D eigenvalue weighted by molar-refractivity contribution is -0.137. The Kier molecular flexibility index (Phi) is 4.82. The zero-order valence-corrected chi connectivity index (χ0v) is 11.9. The Morgan fingerprint density at radius 2 is 1.86 bits per heavy atom. The van der Waals surface area contributed by atoms with Crippen LogP contribution in [0.15, 0.2) is 34.7 Å². The SMILES string of the molecule is CSCc1ccc(CNc2cc(C(F)(F)F)ccc2F)o1. The van der Waals surface area contributed by atoms with Crippen LogP contribution < -0.4 is 5.32 Å². The molecule has 0 aliphatic heterocycles. The first-order valence-electron chi connectivity index (χ1n) is 6.07. The number of alkyl halides is 3. The Hall–Kier alpha value is -1.63. The van der Waals surface area contributed by atoms with E-state index in [0.29, 0.717) is 17.6 Å². The molecule has 2 aromatic rings. The fraction of sp³-hybridized carbons (Fsp3) is 0.286. The maximum Gasteiger partial charge on any atom is 0.416 e. The molecule has 1 aromatic heterocycles. The predicted octanol–water partition coefficient (Wildman–Crippen LogP) is 4.91. The summed E-state index contributed by atoms with van der Waals surface area (Å²) in [7, 11) is 0. The number of furan rings is 1. The van der Waals surface area contributed by atoms with Crippen molar-refractivity contribution in [3.63, 3.8) is 0 Å². The Labute approximate surface area is 123 Å². The summed E-state index contributed by atoms with van der Waals surface area (Å²) in [6.45, 7) is 0.118. The van der Waals surface area contributed by atoms with Crippen molar-refractivity contribution < 1.29 is 22.0 Å². The van der Waals surface area contributed by atoms with Crippen LogP contribution in [0.5, 0.6) is 0 Å². The lowest BCUT2D eigenvalue weighted by atomic mass is 10.2. The molecule has 7 heteroatoms. The first-order valence-corrected chi connectivity index (χ1v) is 7.46. The van der Waals surface area contributed by atoms with Crippen molar-refractivity contribution in [1.82, 2.24) is 0 Å². The van der Waals surface area contributed by atoms with Gasteiger partial charge in [0.15, 0.2) is 0 Å². The summed E-state index contributed by atoms with van der Waals surface area (Å²) in [5.74, 6) is 1.27. The normalized spacial score (nSPS) is 11.7. The van der Waals surface area contributed by atoms with Gasteiger partial charge in [-0.2, -0.15) is 24.9 Å². The average Bonchev–Trinajstić information content (AvgIpc) is 2.84. The number of thioether (sulfide) groups is 1. The second kappa shape index (κ2) is 6.43. The van der Waals surface area contributed by atoms with Crippen molar-refractivity contribution in [2.24, 2.45) is 0 Å². The summed E-state index contributed by atoms with van der Waals surface area (Å²) in [5, 5.41) is 2.62. The smallest absolute Gasteiger partial charge is 0.416 e. The van der Waals surface area contributed by atoms with E-state index in [1.165, 1.54) is 0 Å². The standard InChI is InChI=1S/C14H13F4NOS/c1-21-8-11-4-3-10(20-11)7-19-13-6-9(14(16,17)18)2-5-12(13)15/h2-6,19H,7-8H2,1H3. The molecule has 1 N–H and O–H groups in total. The maximum absolute atomic E-state index is 13.5. The van der Waals surface area contributed by atoms with Gasteiger partial charge < -0.3 is 9.73 Å². The highest BCUT2D eigenvalue weighted by Crippen LogP contribution is 2.32. The minimum Gasteiger partial charge on any atom is -0.463 e. The molecule has 2 rings (SSSR count). The maximum atomic E-state index is 13.5. The summed E-state index contributed by atoms with van der Waals surface area (Å²) in [6, 6.07) is 5.76. The van der Waals surface area contributed by atoms with Crippen LogP contribution in [0.3, 0.4) is 0 Å². The van der Waals surface area contributed by atoms with Gasteiger partial charge in [0.05, 0.1) is 23.5 Å². The molecule has 0 fully saturated rings. The molecule has 114 valence electrons. The highest BCUT2D eigenvalue weighted by atomic mass is 32.2. The summed E-state index contributed by atoms with van der Waals surface area (Å²) in [6.07, 6.45) is -2.57. The van der Waals surface area contributed by atoms with Gasteiger partial charge in [0.1, 0.15) is 17.3 Å². The minimum absolute atomic E-state index is 0.118. The molecule has 0 bridgehead atoms. The quantitative estimate of drug-likeness (QED) is 0.793. The van der Waals surface area contributed by atoms with Crippen molar-refractivity contribution in [3.8, 4) is 0 Å². The van der Waals surface area contributed by atoms with Gasteiger partial charge in [0.25, 0.3) is 0 Å². The molecule has 0 saturated heterocycles. The first-order chi connectivity index (χ1) is 9.90. The lowest BCUT2D eigenvalue weighted by Gasteiger charge is -2.11. The minimum atomic E-state index is -4.50. The van der Waals surface area contributed by atoms with Gasteiger partial charge in [-0.25, -0.2) is 4.39 Å². The fourth-order valence-corrected chi connectivity index (χ4v) is 2.20. The number of nitrogens with one attached hydrogen (secondary N) is 1. The largest absolute Gasteiger partial charge is 0.463 e. The van der Waals surface area contributed by atoms with Crippen molar-refractivity contribution >= 4 is 17.4 Å². The molecule has 0 spiro atoms. The molecular weight excluding hydrogens is 306 g/mol. The molecule has 2 nitrogen and oxygen atoms in total. The van der Waals surface area contributed by atoms with Crippen LogP contribution in [-0.4, -0.2) is 6.26 Å². The van der Waals surface area contributed by atoms with Gasteiger partial charge >= 0.3 is 6.18 Å². The summed E-state index contributed by atoms with van der Waals surface area (Å²) in [4.78, 5) is 0. The molecule has 0 atom stereocenters. The molecular formula is C14H13F4NOS. The van der Waals surface area contributed by atoms with E-state index in [-0.39, 0.29) is 12.2 Å². The highest BCUT2D eigenvalue weighted by molar-refractivity contribution is 7.97. The van der Waals surface area contributed by atoms with Gasteiger partial charge in [0.2, 0.25) is 0 Å². The lowest BCUT2D eigenvalue weighted by Crippen LogP contribution is -2.07. The first kappa shape index (κ1) is 15.8. The second-order valence-corrected chi connectivity index (χ2v) is 5.21. The summed E-state index contributed by atoms with van der Waals surface area (Å²) < 4.78 is 56.7. The number of rotatable bonds is 5. The number of anilines is 1. The Bertz CT molecular complexity index is 609. The van der Waals surface area contributed by atoms with Crippen molar-refractivity contribution in [2.45, 2.75) is 18.5 Å². The Balaban J connectivity index is 2.08.